The molecule has 0 radical (unpaired) electrons. The fourth-order valence-electron chi connectivity index (χ4n) is 2.38. The maximum atomic E-state index is 12.3. The molecule has 6 nitrogen and oxygen atoms in total. The van der Waals surface area contributed by atoms with E-state index in [-0.39, 0.29) is 24.5 Å². The maximum absolute atomic E-state index is 12.3. The lowest BCUT2D eigenvalue weighted by Gasteiger charge is -2.17. The molecule has 0 heterocycles. The van der Waals surface area contributed by atoms with Gasteiger partial charge in [-0.2, -0.15) is 0 Å². The average Bonchev–Trinajstić information content (AvgIpc) is 2.68. The van der Waals surface area contributed by atoms with Gasteiger partial charge in [-0.05, 0) is 43.5 Å². The van der Waals surface area contributed by atoms with Crippen LogP contribution in [0, 0.1) is 0 Å². The second-order valence-electron chi connectivity index (χ2n) is 5.65. The van der Waals surface area contributed by atoms with Gasteiger partial charge in [0.25, 0.3) is 0 Å². The highest BCUT2D eigenvalue weighted by Crippen LogP contribution is 2.24. The van der Waals surface area contributed by atoms with Crippen LogP contribution in [0.15, 0.2) is 53.4 Å². The first kappa shape index (κ1) is 20.5. The molecule has 0 aliphatic heterocycles. The average molecular weight is 386 g/mol. The van der Waals surface area contributed by atoms with Crippen LogP contribution < -0.4 is 10.2 Å². The Morgan fingerprint density at radius 1 is 1.11 bits per heavy atom. The molecule has 27 heavy (non-hydrogen) atoms. The number of thioether (sulfide) groups is 1. The van der Waals surface area contributed by atoms with Crippen molar-refractivity contribution in [2.24, 2.45) is 0 Å². The van der Waals surface area contributed by atoms with Gasteiger partial charge in [0.05, 0.1) is 17.9 Å². The lowest BCUT2D eigenvalue weighted by molar-refractivity contribution is -0.125. The van der Waals surface area contributed by atoms with E-state index in [1.165, 1.54) is 16.7 Å². The Balaban J connectivity index is 2.10. The van der Waals surface area contributed by atoms with Gasteiger partial charge in [-0.3, -0.25) is 9.59 Å². The quantitative estimate of drug-likeness (QED) is 0.447. The van der Waals surface area contributed by atoms with E-state index in [1.54, 1.807) is 44.3 Å². The second kappa shape index (κ2) is 9.78. The van der Waals surface area contributed by atoms with E-state index in [0.717, 1.165) is 4.90 Å². The predicted molar refractivity (Wildman–Crippen MR) is 107 cm³/mol. The van der Waals surface area contributed by atoms with Gasteiger partial charge in [-0.25, -0.2) is 4.79 Å². The van der Waals surface area contributed by atoms with E-state index in [4.69, 9.17) is 4.74 Å². The van der Waals surface area contributed by atoms with Gasteiger partial charge in [-0.1, -0.05) is 18.2 Å². The smallest absolute Gasteiger partial charge is 0.340 e. The number of hydrogen-bond acceptors (Lipinski definition) is 5. The summed E-state index contributed by atoms with van der Waals surface area (Å²) < 4.78 is 5.05. The number of ether oxygens (including phenoxy) is 1. The van der Waals surface area contributed by atoms with Gasteiger partial charge >= 0.3 is 5.97 Å². The molecule has 0 aliphatic rings. The summed E-state index contributed by atoms with van der Waals surface area (Å²) in [6.45, 7) is 1.95. The molecule has 0 aliphatic carbocycles. The lowest BCUT2D eigenvalue weighted by atomic mass is 10.1. The summed E-state index contributed by atoms with van der Waals surface area (Å²) in [4.78, 5) is 39.1. The summed E-state index contributed by atoms with van der Waals surface area (Å²) in [5.74, 6) is -1.36. The molecule has 0 atom stereocenters. The Morgan fingerprint density at radius 2 is 1.81 bits per heavy atom. The van der Waals surface area contributed by atoms with Crippen LogP contribution in [0.25, 0.3) is 0 Å². The Labute approximate surface area is 162 Å². The third kappa shape index (κ3) is 5.59. The number of hydrogen-bond donors (Lipinski definition) is 1. The van der Waals surface area contributed by atoms with Gasteiger partial charge in [0.15, 0.2) is 0 Å². The molecular weight excluding hydrogens is 364 g/mol. The van der Waals surface area contributed by atoms with E-state index in [0.29, 0.717) is 11.4 Å². The van der Waals surface area contributed by atoms with Crippen LogP contribution in [0.4, 0.5) is 11.4 Å². The fourth-order valence-corrected chi connectivity index (χ4v) is 2.82. The molecule has 0 fully saturated rings. The normalized spacial score (nSPS) is 10.2. The number of carbonyl (C=O) groups excluding carboxylic acids is 3. The van der Waals surface area contributed by atoms with Crippen molar-refractivity contribution in [1.82, 2.24) is 0 Å². The van der Waals surface area contributed by atoms with Crippen molar-refractivity contribution in [2.75, 3.05) is 30.1 Å². The number of carbonyl (C=O) groups is 3. The summed E-state index contributed by atoms with van der Waals surface area (Å²) in [7, 11) is 1.61. The molecule has 0 saturated heterocycles. The zero-order chi connectivity index (χ0) is 19.8. The van der Waals surface area contributed by atoms with Crippen LogP contribution in [-0.2, 0) is 14.3 Å². The van der Waals surface area contributed by atoms with Gasteiger partial charge in [-0.15, -0.1) is 11.8 Å². The molecule has 2 aromatic carbocycles. The van der Waals surface area contributed by atoms with Crippen molar-refractivity contribution >= 4 is 40.9 Å². The summed E-state index contributed by atoms with van der Waals surface area (Å²) in [5.41, 5.74) is 1.29. The number of rotatable bonds is 7. The Morgan fingerprint density at radius 3 is 2.44 bits per heavy atom. The molecule has 142 valence electrons. The van der Waals surface area contributed by atoms with Crippen LogP contribution in [0.2, 0.25) is 0 Å². The molecule has 2 amide bonds. The zero-order valence-electron chi connectivity index (χ0n) is 15.5. The standard InChI is InChI=1S/C20H22N2O4S/c1-4-26-20(25)16-12-15(27-3)10-11-17(16)21-18(23)13-19(24)22(2)14-8-6-5-7-9-14/h5-12H,4,13H2,1-3H3,(H,21,23). The third-order valence-corrected chi connectivity index (χ3v) is 4.55. The molecule has 2 aromatic rings. The Hall–Kier alpha value is -2.80. The minimum Gasteiger partial charge on any atom is -0.462 e. The molecule has 0 unspecified atom stereocenters. The second-order valence-corrected chi connectivity index (χ2v) is 6.52. The number of benzene rings is 2. The van der Waals surface area contributed by atoms with Crippen LogP contribution in [0.3, 0.4) is 0 Å². The number of para-hydroxylation sites is 1. The molecule has 1 N–H and O–H groups in total. The molecule has 0 aromatic heterocycles. The van der Waals surface area contributed by atoms with Gasteiger partial charge in [0.1, 0.15) is 6.42 Å². The van der Waals surface area contributed by atoms with Gasteiger partial charge in [0.2, 0.25) is 11.8 Å². The summed E-state index contributed by atoms with van der Waals surface area (Å²) in [6.07, 6.45) is 1.55. The topological polar surface area (TPSA) is 75.7 Å². The first-order chi connectivity index (χ1) is 13.0. The fraction of sp³-hybridized carbons (Fsp3) is 0.250. The molecule has 2 rings (SSSR count). The number of esters is 1. The van der Waals surface area contributed by atoms with Gasteiger partial charge < -0.3 is 15.0 Å². The maximum Gasteiger partial charge on any atom is 0.340 e. The predicted octanol–water partition coefficient (Wildman–Crippen LogP) is 3.58. The molecular formula is C20H22N2O4S. The third-order valence-electron chi connectivity index (χ3n) is 3.83. The number of amides is 2. The van der Waals surface area contributed by atoms with Crippen molar-refractivity contribution in [1.29, 1.82) is 0 Å². The highest BCUT2D eigenvalue weighted by Gasteiger charge is 2.19. The van der Waals surface area contributed by atoms with Crippen molar-refractivity contribution in [2.45, 2.75) is 18.2 Å². The minimum atomic E-state index is -0.517. The molecule has 0 bridgehead atoms. The first-order valence-electron chi connectivity index (χ1n) is 8.42. The Bertz CT molecular complexity index is 824. The lowest BCUT2D eigenvalue weighted by Crippen LogP contribution is -2.30. The highest BCUT2D eigenvalue weighted by atomic mass is 32.2. The SMILES string of the molecule is CCOC(=O)c1cc(SC)ccc1NC(=O)CC(=O)N(C)c1ccccc1. The number of anilines is 2. The summed E-state index contributed by atoms with van der Waals surface area (Å²) in [5, 5.41) is 2.64. The summed E-state index contributed by atoms with van der Waals surface area (Å²) in [6, 6.07) is 14.2. The van der Waals surface area contributed by atoms with Crippen LogP contribution >= 0.6 is 11.8 Å². The van der Waals surface area contributed by atoms with Crippen molar-refractivity contribution in [3.05, 3.63) is 54.1 Å². The van der Waals surface area contributed by atoms with E-state index >= 15 is 0 Å². The summed E-state index contributed by atoms with van der Waals surface area (Å²) >= 11 is 1.48. The van der Waals surface area contributed by atoms with E-state index < -0.39 is 11.9 Å². The zero-order valence-corrected chi connectivity index (χ0v) is 16.3. The molecule has 0 spiro atoms. The largest absolute Gasteiger partial charge is 0.462 e. The van der Waals surface area contributed by atoms with Crippen LogP contribution in [0.5, 0.6) is 0 Å². The van der Waals surface area contributed by atoms with Crippen LogP contribution in [0.1, 0.15) is 23.7 Å². The molecule has 0 saturated carbocycles. The minimum absolute atomic E-state index is 0.232. The van der Waals surface area contributed by atoms with Crippen molar-refractivity contribution < 1.29 is 19.1 Å². The van der Waals surface area contributed by atoms with E-state index in [1.807, 2.05) is 24.5 Å². The van der Waals surface area contributed by atoms with E-state index in [9.17, 15) is 14.4 Å². The highest BCUT2D eigenvalue weighted by molar-refractivity contribution is 7.98. The van der Waals surface area contributed by atoms with E-state index in [2.05, 4.69) is 5.32 Å². The molecule has 7 heteroatoms. The first-order valence-corrected chi connectivity index (χ1v) is 9.65. The van der Waals surface area contributed by atoms with Crippen LogP contribution in [-0.4, -0.2) is 37.7 Å². The van der Waals surface area contributed by atoms with Gasteiger partial charge in [0, 0.05) is 17.6 Å². The monoisotopic (exact) mass is 386 g/mol. The van der Waals surface area contributed by atoms with Crippen molar-refractivity contribution in [3.8, 4) is 0 Å². The Kier molecular flexibility index (Phi) is 7.43. The number of nitrogens with zero attached hydrogens (tertiary/aromatic N) is 1. The van der Waals surface area contributed by atoms with Crippen molar-refractivity contribution in [3.63, 3.8) is 0 Å². The number of nitrogens with one attached hydrogen (secondary N) is 1.